The molecule has 2 aromatic rings. The van der Waals surface area contributed by atoms with E-state index in [-0.39, 0.29) is 0 Å². The lowest BCUT2D eigenvalue weighted by Crippen LogP contribution is -2.11. The molecule has 0 bridgehead atoms. The van der Waals surface area contributed by atoms with Crippen LogP contribution >= 0.6 is 0 Å². The maximum atomic E-state index is 5.80. The molecule has 0 aliphatic rings. The molecule has 0 spiro atoms. The van der Waals surface area contributed by atoms with Crippen molar-refractivity contribution in [2.45, 2.75) is 46.6 Å². The van der Waals surface area contributed by atoms with Gasteiger partial charge in [0.25, 0.3) is 0 Å². The summed E-state index contributed by atoms with van der Waals surface area (Å²) in [5, 5.41) is 7.76. The molecule has 0 aromatic carbocycles. The largest absolute Gasteiger partial charge is 0.384 e. The molecule has 0 saturated heterocycles. The van der Waals surface area contributed by atoms with Crippen LogP contribution in [0.3, 0.4) is 0 Å². The molecule has 0 aliphatic carbocycles. The van der Waals surface area contributed by atoms with Crippen molar-refractivity contribution in [3.8, 4) is 0 Å². The molecule has 6 heteroatoms. The molecule has 0 amide bonds. The number of aromatic nitrogens is 4. The van der Waals surface area contributed by atoms with Gasteiger partial charge in [-0.15, -0.1) is 0 Å². The number of nitrogens with one attached hydrogen (secondary N) is 1. The average molecular weight is 288 g/mol. The van der Waals surface area contributed by atoms with E-state index >= 15 is 0 Å². The van der Waals surface area contributed by atoms with Crippen molar-refractivity contribution in [3.63, 3.8) is 0 Å². The Hall–Kier alpha value is -2.11. The molecular formula is C15H24N6. The van der Waals surface area contributed by atoms with Crippen LogP contribution in [0.1, 0.15) is 37.0 Å². The average Bonchev–Trinajstić information content (AvgIpc) is 2.73. The fourth-order valence-corrected chi connectivity index (χ4v) is 2.29. The molecule has 0 saturated carbocycles. The molecule has 0 unspecified atom stereocenters. The highest BCUT2D eigenvalue weighted by molar-refractivity contribution is 5.44. The molecule has 2 heterocycles. The van der Waals surface area contributed by atoms with Gasteiger partial charge in [-0.1, -0.05) is 6.92 Å². The van der Waals surface area contributed by atoms with E-state index in [0.29, 0.717) is 5.82 Å². The molecule has 0 atom stereocenters. The van der Waals surface area contributed by atoms with Crippen LogP contribution < -0.4 is 11.1 Å². The van der Waals surface area contributed by atoms with Crippen molar-refractivity contribution >= 4 is 11.6 Å². The van der Waals surface area contributed by atoms with Gasteiger partial charge in [-0.2, -0.15) is 5.10 Å². The van der Waals surface area contributed by atoms with E-state index in [1.165, 1.54) is 5.69 Å². The normalized spacial score (nSPS) is 10.8. The summed E-state index contributed by atoms with van der Waals surface area (Å²) in [5.41, 5.74) is 8.06. The maximum Gasteiger partial charge on any atom is 0.133 e. The second kappa shape index (κ2) is 7.06. The zero-order chi connectivity index (χ0) is 15.2. The lowest BCUT2D eigenvalue weighted by Gasteiger charge is -2.09. The summed E-state index contributed by atoms with van der Waals surface area (Å²) in [5.74, 6) is 2.13. The Kier molecular flexibility index (Phi) is 5.14. The third-order valence-corrected chi connectivity index (χ3v) is 3.22. The van der Waals surface area contributed by atoms with Crippen LogP contribution in [0.4, 0.5) is 11.6 Å². The van der Waals surface area contributed by atoms with Crippen molar-refractivity contribution in [2.75, 3.05) is 17.6 Å². The Bertz CT molecular complexity index is 590. The van der Waals surface area contributed by atoms with E-state index in [4.69, 9.17) is 5.73 Å². The van der Waals surface area contributed by atoms with Gasteiger partial charge in [0.15, 0.2) is 0 Å². The summed E-state index contributed by atoms with van der Waals surface area (Å²) < 4.78 is 2.04. The first kappa shape index (κ1) is 15.3. The van der Waals surface area contributed by atoms with Gasteiger partial charge in [0.1, 0.15) is 17.5 Å². The van der Waals surface area contributed by atoms with E-state index in [1.54, 1.807) is 6.07 Å². The van der Waals surface area contributed by atoms with Crippen LogP contribution in [-0.4, -0.2) is 26.3 Å². The van der Waals surface area contributed by atoms with Crippen molar-refractivity contribution in [2.24, 2.45) is 0 Å². The molecule has 2 aromatic heterocycles. The number of aryl methyl sites for hydroxylation is 4. The quantitative estimate of drug-likeness (QED) is 0.764. The zero-order valence-corrected chi connectivity index (χ0v) is 13.1. The van der Waals surface area contributed by atoms with E-state index in [2.05, 4.69) is 40.3 Å². The number of nitrogens with two attached hydrogens (primary N) is 1. The van der Waals surface area contributed by atoms with Crippen LogP contribution in [0.2, 0.25) is 0 Å². The number of nitrogens with zero attached hydrogens (tertiary/aromatic N) is 4. The SMILES string of the molecule is CCCc1nc(N)cc(NCCCn2nc(C)cc2C)n1. The van der Waals surface area contributed by atoms with Crippen LogP contribution in [-0.2, 0) is 13.0 Å². The van der Waals surface area contributed by atoms with Gasteiger partial charge in [0.2, 0.25) is 0 Å². The third kappa shape index (κ3) is 4.44. The summed E-state index contributed by atoms with van der Waals surface area (Å²) in [7, 11) is 0. The molecule has 6 nitrogen and oxygen atoms in total. The molecular weight excluding hydrogens is 264 g/mol. The highest BCUT2D eigenvalue weighted by Gasteiger charge is 2.03. The first-order valence-corrected chi connectivity index (χ1v) is 7.47. The van der Waals surface area contributed by atoms with Gasteiger partial charge >= 0.3 is 0 Å². The Morgan fingerprint density at radius 1 is 1.24 bits per heavy atom. The lowest BCUT2D eigenvalue weighted by atomic mass is 10.3. The Labute approximate surface area is 125 Å². The number of rotatable bonds is 7. The Balaban J connectivity index is 1.84. The van der Waals surface area contributed by atoms with Crippen molar-refractivity contribution in [3.05, 3.63) is 29.3 Å². The second-order valence-corrected chi connectivity index (χ2v) is 5.27. The Morgan fingerprint density at radius 3 is 2.71 bits per heavy atom. The van der Waals surface area contributed by atoms with Crippen molar-refractivity contribution in [1.29, 1.82) is 0 Å². The van der Waals surface area contributed by atoms with Crippen LogP contribution in [0.25, 0.3) is 0 Å². The topological polar surface area (TPSA) is 81.6 Å². The molecule has 3 N–H and O–H groups in total. The minimum absolute atomic E-state index is 0.523. The summed E-state index contributed by atoms with van der Waals surface area (Å²) in [6, 6.07) is 3.87. The van der Waals surface area contributed by atoms with Crippen LogP contribution in [0, 0.1) is 13.8 Å². The molecule has 0 fully saturated rings. The molecule has 0 aliphatic heterocycles. The summed E-state index contributed by atoms with van der Waals surface area (Å²) in [6.07, 6.45) is 2.85. The van der Waals surface area contributed by atoms with Crippen molar-refractivity contribution in [1.82, 2.24) is 19.7 Å². The van der Waals surface area contributed by atoms with Crippen LogP contribution in [0.5, 0.6) is 0 Å². The first-order chi connectivity index (χ1) is 10.1. The van der Waals surface area contributed by atoms with E-state index in [0.717, 1.165) is 49.7 Å². The summed E-state index contributed by atoms with van der Waals surface area (Å²) in [4.78, 5) is 8.69. The van der Waals surface area contributed by atoms with Gasteiger partial charge in [-0.3, -0.25) is 4.68 Å². The fourth-order valence-electron chi connectivity index (χ4n) is 2.29. The molecule has 2 rings (SSSR count). The van der Waals surface area contributed by atoms with E-state index < -0.39 is 0 Å². The van der Waals surface area contributed by atoms with E-state index in [9.17, 15) is 0 Å². The van der Waals surface area contributed by atoms with Gasteiger partial charge in [0.05, 0.1) is 5.69 Å². The highest BCUT2D eigenvalue weighted by atomic mass is 15.3. The minimum Gasteiger partial charge on any atom is -0.384 e. The maximum absolute atomic E-state index is 5.80. The number of hydrogen-bond donors (Lipinski definition) is 2. The van der Waals surface area contributed by atoms with Crippen molar-refractivity contribution < 1.29 is 0 Å². The molecule has 21 heavy (non-hydrogen) atoms. The lowest BCUT2D eigenvalue weighted by molar-refractivity contribution is 0.573. The first-order valence-electron chi connectivity index (χ1n) is 7.47. The highest BCUT2D eigenvalue weighted by Crippen LogP contribution is 2.10. The zero-order valence-electron chi connectivity index (χ0n) is 13.1. The van der Waals surface area contributed by atoms with Crippen LogP contribution in [0.15, 0.2) is 12.1 Å². The van der Waals surface area contributed by atoms with E-state index in [1.807, 2.05) is 11.6 Å². The second-order valence-electron chi connectivity index (χ2n) is 5.27. The predicted octanol–water partition coefficient (Wildman–Crippen LogP) is 2.33. The Morgan fingerprint density at radius 2 is 2.05 bits per heavy atom. The predicted molar refractivity (Wildman–Crippen MR) is 85.2 cm³/mol. The monoisotopic (exact) mass is 288 g/mol. The van der Waals surface area contributed by atoms with Gasteiger partial charge in [0, 0.05) is 31.3 Å². The standard InChI is InChI=1S/C15H24N6/c1-4-6-14-18-13(16)10-15(19-14)17-7-5-8-21-12(3)9-11(2)20-21/h9-10H,4-8H2,1-3H3,(H3,16,17,18,19). The van der Waals surface area contributed by atoms with Gasteiger partial charge in [-0.05, 0) is 32.8 Å². The van der Waals surface area contributed by atoms with Gasteiger partial charge in [-0.25, -0.2) is 9.97 Å². The molecule has 0 radical (unpaired) electrons. The number of nitrogen functional groups attached to an aromatic ring is 1. The smallest absolute Gasteiger partial charge is 0.133 e. The minimum atomic E-state index is 0.523. The molecule has 114 valence electrons. The number of hydrogen-bond acceptors (Lipinski definition) is 5. The third-order valence-electron chi connectivity index (χ3n) is 3.22. The van der Waals surface area contributed by atoms with Gasteiger partial charge < -0.3 is 11.1 Å². The fraction of sp³-hybridized carbons (Fsp3) is 0.533. The summed E-state index contributed by atoms with van der Waals surface area (Å²) >= 11 is 0. The number of anilines is 2. The summed E-state index contributed by atoms with van der Waals surface area (Å²) in [6.45, 7) is 7.93.